The molecule has 0 aromatic heterocycles. The van der Waals surface area contributed by atoms with E-state index in [4.69, 9.17) is 0 Å². The zero-order chi connectivity index (χ0) is 2.71. The van der Waals surface area contributed by atoms with Gasteiger partial charge < -0.3 is 18.8 Å². The van der Waals surface area contributed by atoms with Crippen LogP contribution in [0.25, 0.3) is 0 Å². The molecule has 0 aromatic rings. The van der Waals surface area contributed by atoms with Crippen molar-refractivity contribution in [1.82, 2.24) is 0 Å². The van der Waals surface area contributed by atoms with E-state index >= 15 is 0 Å². The van der Waals surface area contributed by atoms with Crippen molar-refractivity contribution in [2.75, 3.05) is 0 Å². The Labute approximate surface area is 74.2 Å². The van der Waals surface area contributed by atoms with Gasteiger partial charge in [0.25, 0.3) is 0 Å². The molecule has 0 heterocycles. The second kappa shape index (κ2) is 30.2. The van der Waals surface area contributed by atoms with E-state index in [1.165, 1.54) is 0 Å². The third kappa shape index (κ3) is 44.8. The van der Waals surface area contributed by atoms with Crippen LogP contribution in [0, 0.1) is 6.42 Å². The number of halogens is 1. The number of hydrogen-bond donors (Lipinski definition) is 0. The first-order valence-corrected chi connectivity index (χ1v) is 1.15. The van der Waals surface area contributed by atoms with Gasteiger partial charge in [-0.05, 0) is 0 Å². The molecule has 0 aliphatic carbocycles. The Morgan fingerprint density at radius 3 is 1.17 bits per heavy atom. The Hall–Kier alpha value is 1.65. The van der Waals surface area contributed by atoms with Crippen molar-refractivity contribution in [3.05, 3.63) is 6.42 Å². The largest absolute Gasteiger partial charge is 2.00 e. The van der Waals surface area contributed by atoms with Crippen molar-refractivity contribution in [3.8, 4) is 0 Å². The van der Waals surface area contributed by atoms with Gasteiger partial charge in [-0.2, -0.15) is 13.8 Å². The SMILES string of the molecule is C[CH-]C.[Cl-].[Li].[Mg+2]. The molecule has 0 spiro atoms. The molecule has 0 amide bonds. The summed E-state index contributed by atoms with van der Waals surface area (Å²) in [6.45, 7) is 4.00. The smallest absolute Gasteiger partial charge is 1.00 e. The molecule has 3 heteroatoms. The average Bonchev–Trinajstić information content (AvgIpc) is 0.918. The zero-order valence-corrected chi connectivity index (χ0v) is 6.83. The molecule has 0 N–H and O–H groups in total. The third-order valence-corrected chi connectivity index (χ3v) is 0. The first-order valence-electron chi connectivity index (χ1n) is 1.15. The molecule has 0 saturated heterocycles. The van der Waals surface area contributed by atoms with Gasteiger partial charge in [0.2, 0.25) is 0 Å². The summed E-state index contributed by atoms with van der Waals surface area (Å²) in [5, 5.41) is 0. The minimum absolute atomic E-state index is 0. The predicted octanol–water partition coefficient (Wildman–Crippen LogP) is -2.53. The van der Waals surface area contributed by atoms with Gasteiger partial charge in [0.05, 0.1) is 0 Å². The topological polar surface area (TPSA) is 0 Å². The van der Waals surface area contributed by atoms with Gasteiger partial charge in [0.1, 0.15) is 0 Å². The standard InChI is InChI=1S/C3H7.ClH.Li.Mg/c1-3-2;;;/h3H,1-2H3;1H;;/q-1;;;+2/p-1. The Morgan fingerprint density at radius 2 is 1.17 bits per heavy atom. The van der Waals surface area contributed by atoms with Crippen molar-refractivity contribution < 1.29 is 12.4 Å². The van der Waals surface area contributed by atoms with Gasteiger partial charge in [0, 0.05) is 18.9 Å². The van der Waals surface area contributed by atoms with Crippen molar-refractivity contribution in [2.24, 2.45) is 0 Å². The van der Waals surface area contributed by atoms with Gasteiger partial charge in [-0.25, -0.2) is 0 Å². The molecule has 0 fully saturated rings. The molecule has 0 aliphatic heterocycles. The average molecular weight is 110 g/mol. The second-order valence-corrected chi connectivity index (χ2v) is 0.577. The van der Waals surface area contributed by atoms with Crippen LogP contribution < -0.4 is 12.4 Å². The van der Waals surface area contributed by atoms with Crippen molar-refractivity contribution >= 4 is 41.9 Å². The van der Waals surface area contributed by atoms with Crippen LogP contribution in [-0.2, 0) is 0 Å². The summed E-state index contributed by atoms with van der Waals surface area (Å²) in [5.41, 5.74) is 0. The van der Waals surface area contributed by atoms with Crippen LogP contribution >= 0.6 is 0 Å². The first-order chi connectivity index (χ1) is 1.41. The summed E-state index contributed by atoms with van der Waals surface area (Å²) in [6, 6.07) is 0. The summed E-state index contributed by atoms with van der Waals surface area (Å²) in [6.07, 6.45) is 2.00. The Balaban J connectivity index is -0.00000000667. The molecular formula is C3H7ClLiMg. The van der Waals surface area contributed by atoms with E-state index < -0.39 is 0 Å². The fraction of sp³-hybridized carbons (Fsp3) is 0.667. The van der Waals surface area contributed by atoms with Crippen LogP contribution in [0.5, 0.6) is 0 Å². The first kappa shape index (κ1) is 25.4. The number of hydrogen-bond acceptors (Lipinski definition) is 0. The summed E-state index contributed by atoms with van der Waals surface area (Å²) in [5.74, 6) is 0. The monoisotopic (exact) mass is 109 g/mol. The Bertz CT molecular complexity index is 10.8. The van der Waals surface area contributed by atoms with Gasteiger partial charge in [-0.1, -0.05) is 0 Å². The minimum atomic E-state index is 0. The van der Waals surface area contributed by atoms with Crippen LogP contribution in [0.4, 0.5) is 0 Å². The van der Waals surface area contributed by atoms with Gasteiger partial charge in [-0.3, -0.25) is 0 Å². The van der Waals surface area contributed by atoms with Crippen LogP contribution in [0.1, 0.15) is 13.8 Å². The van der Waals surface area contributed by atoms with E-state index in [1.807, 2.05) is 20.3 Å². The van der Waals surface area contributed by atoms with Gasteiger partial charge in [0.15, 0.2) is 0 Å². The van der Waals surface area contributed by atoms with E-state index in [1.54, 1.807) is 0 Å². The molecule has 0 bridgehead atoms. The molecule has 0 saturated carbocycles. The van der Waals surface area contributed by atoms with Gasteiger partial charge in [-0.15, -0.1) is 0 Å². The molecular weight excluding hydrogens is 103 g/mol. The molecule has 29 valence electrons. The van der Waals surface area contributed by atoms with Crippen LogP contribution in [0.15, 0.2) is 0 Å². The normalized spacial score (nSPS) is 3.00. The summed E-state index contributed by atoms with van der Waals surface area (Å²) >= 11 is 0. The maximum atomic E-state index is 2.00. The van der Waals surface area contributed by atoms with E-state index in [-0.39, 0.29) is 54.3 Å². The molecule has 0 unspecified atom stereocenters. The summed E-state index contributed by atoms with van der Waals surface area (Å²) in [7, 11) is 0. The quantitative estimate of drug-likeness (QED) is 0.238. The molecule has 1 radical (unpaired) electrons. The van der Waals surface area contributed by atoms with Crippen molar-refractivity contribution in [1.29, 1.82) is 0 Å². The van der Waals surface area contributed by atoms with E-state index in [0.29, 0.717) is 0 Å². The second-order valence-electron chi connectivity index (χ2n) is 0.577. The fourth-order valence-corrected chi connectivity index (χ4v) is 0. The summed E-state index contributed by atoms with van der Waals surface area (Å²) < 4.78 is 0. The predicted molar refractivity (Wildman–Crippen MR) is 27.2 cm³/mol. The molecule has 0 rings (SSSR count). The molecule has 6 heavy (non-hydrogen) atoms. The van der Waals surface area contributed by atoms with Crippen molar-refractivity contribution in [3.63, 3.8) is 0 Å². The van der Waals surface area contributed by atoms with E-state index in [2.05, 4.69) is 0 Å². The fourth-order valence-electron chi connectivity index (χ4n) is 0. The molecule has 0 aromatic carbocycles. The maximum absolute atomic E-state index is 2.00. The third-order valence-electron chi connectivity index (χ3n) is 0. The Morgan fingerprint density at radius 1 is 1.17 bits per heavy atom. The van der Waals surface area contributed by atoms with Gasteiger partial charge >= 0.3 is 23.1 Å². The van der Waals surface area contributed by atoms with Crippen LogP contribution in [0.2, 0.25) is 0 Å². The van der Waals surface area contributed by atoms with E-state index in [9.17, 15) is 0 Å². The van der Waals surface area contributed by atoms with Crippen LogP contribution in [-0.4, -0.2) is 41.9 Å². The maximum Gasteiger partial charge on any atom is 2.00 e. The molecule has 0 atom stereocenters. The zero-order valence-electron chi connectivity index (χ0n) is 4.66. The van der Waals surface area contributed by atoms with Crippen molar-refractivity contribution in [2.45, 2.75) is 13.8 Å². The van der Waals surface area contributed by atoms with Crippen LogP contribution in [0.3, 0.4) is 0 Å². The minimum Gasteiger partial charge on any atom is -1.00 e. The Kier molecular flexibility index (Phi) is 128. The molecule has 0 nitrogen and oxygen atoms in total. The molecule has 0 aliphatic rings. The summed E-state index contributed by atoms with van der Waals surface area (Å²) in [4.78, 5) is 0. The van der Waals surface area contributed by atoms with E-state index in [0.717, 1.165) is 0 Å². The number of rotatable bonds is 0.